The zero-order chi connectivity index (χ0) is 20.2. The smallest absolute Gasteiger partial charge is 0.205 e. The molecule has 1 atom stereocenters. The van der Waals surface area contributed by atoms with Crippen molar-refractivity contribution < 1.29 is 9.47 Å². The molecule has 30 heavy (non-hydrogen) atoms. The van der Waals surface area contributed by atoms with Crippen LogP contribution in [0.25, 0.3) is 21.7 Å². The first-order valence-corrected chi connectivity index (χ1v) is 10.2. The fourth-order valence-electron chi connectivity index (χ4n) is 4.84. The number of hydrogen-bond donors (Lipinski definition) is 0. The Kier molecular flexibility index (Phi) is 3.66. The second-order valence-electron chi connectivity index (χ2n) is 7.80. The van der Waals surface area contributed by atoms with Crippen molar-refractivity contribution >= 4 is 21.7 Å². The van der Waals surface area contributed by atoms with E-state index >= 15 is 0 Å². The summed E-state index contributed by atoms with van der Waals surface area (Å²) in [6.07, 6.45) is 0. The second kappa shape index (κ2) is 6.39. The highest BCUT2D eigenvalue weighted by atomic mass is 16.5. The molecule has 6 rings (SSSR count). The minimum Gasteiger partial charge on any atom is -0.497 e. The summed E-state index contributed by atoms with van der Waals surface area (Å²) in [7, 11) is 3.79. The number of hydrogen-bond acceptors (Lipinski definition) is 2. The van der Waals surface area contributed by atoms with E-state index < -0.39 is 0 Å². The van der Waals surface area contributed by atoms with Gasteiger partial charge in [0, 0.05) is 29.5 Å². The lowest BCUT2D eigenvalue weighted by atomic mass is 9.80. The molecular formula is C27H21NO2. The number of fused-ring (bicyclic) bond motifs is 6. The monoisotopic (exact) mass is 391 g/mol. The molecule has 0 saturated heterocycles. The van der Waals surface area contributed by atoms with Gasteiger partial charge in [0.2, 0.25) is 5.88 Å². The van der Waals surface area contributed by atoms with E-state index in [4.69, 9.17) is 9.47 Å². The van der Waals surface area contributed by atoms with Crippen LogP contribution in [0.5, 0.6) is 17.4 Å². The van der Waals surface area contributed by atoms with E-state index in [0.717, 1.165) is 17.4 Å². The van der Waals surface area contributed by atoms with Crippen LogP contribution >= 0.6 is 0 Å². The molecule has 0 amide bonds. The predicted octanol–water partition coefficient (Wildman–Crippen LogP) is 6.63. The summed E-state index contributed by atoms with van der Waals surface area (Å²) in [5.74, 6) is 2.78. The molecule has 146 valence electrons. The van der Waals surface area contributed by atoms with Gasteiger partial charge in [-0.1, -0.05) is 60.7 Å². The number of aryl methyl sites for hydroxylation is 1. The zero-order valence-electron chi connectivity index (χ0n) is 16.9. The largest absolute Gasteiger partial charge is 0.497 e. The maximum atomic E-state index is 6.54. The van der Waals surface area contributed by atoms with Crippen molar-refractivity contribution in [2.45, 2.75) is 5.92 Å². The van der Waals surface area contributed by atoms with Crippen LogP contribution < -0.4 is 9.47 Å². The van der Waals surface area contributed by atoms with Gasteiger partial charge in [0.15, 0.2) is 0 Å². The molecular weight excluding hydrogens is 370 g/mol. The van der Waals surface area contributed by atoms with Crippen LogP contribution in [0.4, 0.5) is 0 Å². The molecule has 1 aromatic heterocycles. The summed E-state index contributed by atoms with van der Waals surface area (Å²) in [5.41, 5.74) is 4.86. The first-order chi connectivity index (χ1) is 14.8. The molecule has 4 aromatic carbocycles. The highest BCUT2D eigenvalue weighted by Gasteiger charge is 2.34. The standard InChI is InChI=1S/C27H21NO2/c1-28-22-10-6-5-9-21(22)26-24(18-11-14-19(29-2)15-12-18)25-20-8-4-3-7-17(20)13-16-23(25)30-27(26)28/h3-16,24H,1-2H3. The average molecular weight is 391 g/mol. The predicted molar refractivity (Wildman–Crippen MR) is 121 cm³/mol. The van der Waals surface area contributed by atoms with Crippen molar-refractivity contribution in [2.24, 2.45) is 7.05 Å². The molecule has 3 heteroatoms. The highest BCUT2D eigenvalue weighted by molar-refractivity contribution is 5.94. The number of aromatic nitrogens is 1. The summed E-state index contributed by atoms with van der Waals surface area (Å²) in [6, 6.07) is 29.8. The van der Waals surface area contributed by atoms with Crippen LogP contribution in [0.3, 0.4) is 0 Å². The third kappa shape index (κ3) is 2.32. The van der Waals surface area contributed by atoms with Gasteiger partial charge >= 0.3 is 0 Å². The van der Waals surface area contributed by atoms with Crippen molar-refractivity contribution in [3.05, 3.63) is 102 Å². The summed E-state index contributed by atoms with van der Waals surface area (Å²) < 4.78 is 14.1. The minimum atomic E-state index is 0.0758. The molecule has 0 aliphatic carbocycles. The third-order valence-electron chi connectivity index (χ3n) is 6.25. The number of rotatable bonds is 2. The van der Waals surface area contributed by atoms with Crippen LogP contribution in [0.15, 0.2) is 84.9 Å². The fourth-order valence-corrected chi connectivity index (χ4v) is 4.84. The number of benzene rings is 4. The molecule has 0 saturated carbocycles. The van der Waals surface area contributed by atoms with Crippen molar-refractivity contribution in [3.63, 3.8) is 0 Å². The highest BCUT2D eigenvalue weighted by Crippen LogP contribution is 2.53. The van der Waals surface area contributed by atoms with E-state index in [1.54, 1.807) is 7.11 Å². The van der Waals surface area contributed by atoms with Gasteiger partial charge < -0.3 is 14.0 Å². The normalized spacial score (nSPS) is 14.9. The minimum absolute atomic E-state index is 0.0758. The van der Waals surface area contributed by atoms with Crippen molar-refractivity contribution in [1.29, 1.82) is 0 Å². The Balaban J connectivity index is 1.73. The van der Waals surface area contributed by atoms with Gasteiger partial charge in [-0.3, -0.25) is 0 Å². The molecule has 2 heterocycles. The lowest BCUT2D eigenvalue weighted by molar-refractivity contribution is 0.414. The first kappa shape index (κ1) is 17.2. The number of para-hydroxylation sites is 1. The Labute approximate surface area is 175 Å². The van der Waals surface area contributed by atoms with Crippen LogP contribution in [0.2, 0.25) is 0 Å². The van der Waals surface area contributed by atoms with Gasteiger partial charge in [-0.05, 0) is 40.6 Å². The van der Waals surface area contributed by atoms with Crippen LogP contribution in [0, 0.1) is 0 Å². The maximum Gasteiger partial charge on any atom is 0.205 e. The fraction of sp³-hybridized carbons (Fsp3) is 0.111. The van der Waals surface area contributed by atoms with E-state index in [-0.39, 0.29) is 5.92 Å². The Hall–Kier alpha value is -3.72. The number of ether oxygens (including phenoxy) is 2. The van der Waals surface area contributed by atoms with Gasteiger partial charge in [0.25, 0.3) is 0 Å². The Morgan fingerprint density at radius 1 is 0.767 bits per heavy atom. The zero-order valence-corrected chi connectivity index (χ0v) is 16.9. The first-order valence-electron chi connectivity index (χ1n) is 10.2. The molecule has 0 fully saturated rings. The summed E-state index contributed by atoms with van der Waals surface area (Å²) in [5, 5.41) is 3.69. The topological polar surface area (TPSA) is 23.4 Å². The Morgan fingerprint density at radius 3 is 2.30 bits per heavy atom. The molecule has 3 nitrogen and oxygen atoms in total. The summed E-state index contributed by atoms with van der Waals surface area (Å²) in [4.78, 5) is 0. The second-order valence-corrected chi connectivity index (χ2v) is 7.80. The number of nitrogens with zero attached hydrogens (tertiary/aromatic N) is 1. The van der Waals surface area contributed by atoms with Crippen molar-refractivity contribution in [2.75, 3.05) is 7.11 Å². The lowest BCUT2D eigenvalue weighted by Gasteiger charge is -2.29. The van der Waals surface area contributed by atoms with Crippen LogP contribution in [-0.4, -0.2) is 11.7 Å². The summed E-state index contributed by atoms with van der Waals surface area (Å²) in [6.45, 7) is 0. The van der Waals surface area contributed by atoms with E-state index in [9.17, 15) is 0 Å². The quantitative estimate of drug-likeness (QED) is 0.331. The maximum absolute atomic E-state index is 6.54. The molecule has 0 radical (unpaired) electrons. The van der Waals surface area contributed by atoms with Gasteiger partial charge in [0.1, 0.15) is 11.5 Å². The summed E-state index contributed by atoms with van der Waals surface area (Å²) >= 11 is 0. The molecule has 1 aliphatic heterocycles. The van der Waals surface area contributed by atoms with Gasteiger partial charge in [0.05, 0.1) is 12.6 Å². The van der Waals surface area contributed by atoms with E-state index in [1.807, 2.05) is 12.1 Å². The van der Waals surface area contributed by atoms with Gasteiger partial charge in [-0.15, -0.1) is 0 Å². The van der Waals surface area contributed by atoms with E-state index in [1.165, 1.54) is 38.4 Å². The third-order valence-corrected chi connectivity index (χ3v) is 6.25. The SMILES string of the molecule is COc1ccc(C2c3c(ccc4ccccc34)Oc3c2c2ccccc2n3C)cc1. The average Bonchev–Trinajstić information content (AvgIpc) is 3.09. The van der Waals surface area contributed by atoms with Crippen molar-refractivity contribution in [3.8, 4) is 17.4 Å². The molecule has 0 N–H and O–H groups in total. The molecule has 0 spiro atoms. The van der Waals surface area contributed by atoms with Gasteiger partial charge in [-0.25, -0.2) is 0 Å². The van der Waals surface area contributed by atoms with Crippen LogP contribution in [0.1, 0.15) is 22.6 Å². The number of methoxy groups -OCH3 is 1. The molecule has 5 aromatic rings. The lowest BCUT2D eigenvalue weighted by Crippen LogP contribution is -2.12. The molecule has 1 unspecified atom stereocenters. The van der Waals surface area contributed by atoms with E-state index in [2.05, 4.69) is 84.4 Å². The van der Waals surface area contributed by atoms with E-state index in [0.29, 0.717) is 0 Å². The Bertz CT molecular complexity index is 1410. The van der Waals surface area contributed by atoms with Gasteiger partial charge in [-0.2, -0.15) is 0 Å². The Morgan fingerprint density at radius 2 is 1.50 bits per heavy atom. The van der Waals surface area contributed by atoms with Crippen LogP contribution in [-0.2, 0) is 7.05 Å². The molecule has 1 aliphatic rings. The molecule has 0 bridgehead atoms. The van der Waals surface area contributed by atoms with Crippen molar-refractivity contribution in [1.82, 2.24) is 4.57 Å².